The van der Waals surface area contributed by atoms with Crippen molar-refractivity contribution in [1.82, 2.24) is 25.0 Å². The molecule has 0 amide bonds. The first kappa shape index (κ1) is 23.9. The Balaban J connectivity index is 1.48. The van der Waals surface area contributed by atoms with Gasteiger partial charge in [-0.2, -0.15) is 0 Å². The van der Waals surface area contributed by atoms with Crippen molar-refractivity contribution in [3.63, 3.8) is 0 Å². The number of nitro groups is 1. The zero-order valence-corrected chi connectivity index (χ0v) is 20.1. The van der Waals surface area contributed by atoms with Crippen molar-refractivity contribution in [1.29, 1.82) is 0 Å². The molecule has 0 spiro atoms. The maximum atomic E-state index is 10.8. The normalized spacial score (nSPS) is 11.1. The molecule has 0 aliphatic carbocycles. The number of hydrogen-bond donors (Lipinski definition) is 0. The largest absolute Gasteiger partial charge is 0.420 e. The van der Waals surface area contributed by atoms with E-state index in [4.69, 9.17) is 16.0 Å². The summed E-state index contributed by atoms with van der Waals surface area (Å²) in [5.41, 5.74) is 1.59. The zero-order valence-electron chi connectivity index (χ0n) is 18.6. The van der Waals surface area contributed by atoms with Crippen molar-refractivity contribution >= 4 is 29.1 Å². The van der Waals surface area contributed by atoms with Gasteiger partial charge in [0.2, 0.25) is 11.8 Å². The van der Waals surface area contributed by atoms with Crippen LogP contribution in [0.5, 0.6) is 0 Å². The molecule has 0 atom stereocenters. The first-order valence-electron chi connectivity index (χ1n) is 10.9. The van der Waals surface area contributed by atoms with E-state index in [2.05, 4.69) is 31.9 Å². The Hall–Kier alpha value is -3.24. The van der Waals surface area contributed by atoms with Crippen LogP contribution in [0.15, 0.2) is 58.1 Å². The minimum absolute atomic E-state index is 0.00816. The molecule has 176 valence electrons. The maximum Gasteiger partial charge on any atom is 0.269 e. The molecule has 0 N–H and O–H groups in total. The van der Waals surface area contributed by atoms with Gasteiger partial charge in [-0.05, 0) is 42.8 Å². The molecule has 34 heavy (non-hydrogen) atoms. The minimum atomic E-state index is -0.448. The lowest BCUT2D eigenvalue weighted by Gasteiger charge is -2.10. The third-order valence-corrected chi connectivity index (χ3v) is 6.37. The molecule has 4 aromatic rings. The second-order valence-corrected chi connectivity index (χ2v) is 9.00. The smallest absolute Gasteiger partial charge is 0.269 e. The van der Waals surface area contributed by atoms with Crippen molar-refractivity contribution in [2.45, 2.75) is 50.1 Å². The molecule has 0 aliphatic heterocycles. The lowest BCUT2D eigenvalue weighted by Crippen LogP contribution is -2.03. The second-order valence-electron chi connectivity index (χ2n) is 7.62. The monoisotopic (exact) mass is 498 g/mol. The fourth-order valence-corrected chi connectivity index (χ4v) is 4.31. The Kier molecular flexibility index (Phi) is 7.91. The number of rotatable bonds is 11. The van der Waals surface area contributed by atoms with E-state index < -0.39 is 4.92 Å². The Morgan fingerprint density at radius 2 is 1.71 bits per heavy atom. The van der Waals surface area contributed by atoms with Gasteiger partial charge in [-0.15, -0.1) is 20.4 Å². The van der Waals surface area contributed by atoms with Crippen LogP contribution in [0.2, 0.25) is 5.02 Å². The highest BCUT2D eigenvalue weighted by Gasteiger charge is 2.17. The number of hydrogen-bond acceptors (Lipinski definition) is 8. The second kappa shape index (κ2) is 11.3. The minimum Gasteiger partial charge on any atom is -0.420 e. The van der Waals surface area contributed by atoms with E-state index in [9.17, 15) is 10.1 Å². The van der Waals surface area contributed by atoms with Crippen LogP contribution in [-0.2, 0) is 12.3 Å². The van der Waals surface area contributed by atoms with Gasteiger partial charge in [0.25, 0.3) is 5.69 Å². The highest BCUT2D eigenvalue weighted by molar-refractivity contribution is 7.98. The summed E-state index contributed by atoms with van der Waals surface area (Å²) in [6.45, 7) is 3.00. The van der Waals surface area contributed by atoms with E-state index >= 15 is 0 Å². The summed E-state index contributed by atoms with van der Waals surface area (Å²) in [6.07, 6.45) is 4.53. The van der Waals surface area contributed by atoms with Gasteiger partial charge in [0, 0.05) is 34.8 Å². The Bertz CT molecular complexity index is 1240. The fraction of sp³-hybridized carbons (Fsp3) is 0.304. The average molecular weight is 499 g/mol. The van der Waals surface area contributed by atoms with Gasteiger partial charge in [-0.25, -0.2) is 0 Å². The SMILES string of the molecule is CCCCCCn1c(SCc2nnc(-c3ccc([N+](=O)[O-])cc3)o2)nnc1-c1ccc(Cl)cc1. The molecular formula is C23H23ClN6O3S. The topological polar surface area (TPSA) is 113 Å². The molecule has 0 fully saturated rings. The summed E-state index contributed by atoms with van der Waals surface area (Å²) < 4.78 is 7.89. The van der Waals surface area contributed by atoms with Crippen molar-refractivity contribution in [3.05, 3.63) is 69.6 Å². The van der Waals surface area contributed by atoms with Crippen LogP contribution in [0.4, 0.5) is 5.69 Å². The van der Waals surface area contributed by atoms with Crippen molar-refractivity contribution < 1.29 is 9.34 Å². The number of nitrogens with zero attached hydrogens (tertiary/aromatic N) is 6. The summed E-state index contributed by atoms with van der Waals surface area (Å²) in [4.78, 5) is 10.4. The molecule has 2 aromatic heterocycles. The Morgan fingerprint density at radius 3 is 2.41 bits per heavy atom. The van der Waals surface area contributed by atoms with Gasteiger partial charge < -0.3 is 8.98 Å². The highest BCUT2D eigenvalue weighted by Crippen LogP contribution is 2.29. The van der Waals surface area contributed by atoms with E-state index in [1.807, 2.05) is 24.3 Å². The van der Waals surface area contributed by atoms with Gasteiger partial charge in [0.05, 0.1) is 10.7 Å². The van der Waals surface area contributed by atoms with Crippen LogP contribution in [0.25, 0.3) is 22.8 Å². The van der Waals surface area contributed by atoms with Gasteiger partial charge in [0.15, 0.2) is 11.0 Å². The van der Waals surface area contributed by atoms with Crippen LogP contribution < -0.4 is 0 Å². The average Bonchev–Trinajstić information content (AvgIpc) is 3.48. The Morgan fingerprint density at radius 1 is 0.971 bits per heavy atom. The lowest BCUT2D eigenvalue weighted by atomic mass is 10.2. The van der Waals surface area contributed by atoms with Crippen LogP contribution >= 0.6 is 23.4 Å². The lowest BCUT2D eigenvalue weighted by molar-refractivity contribution is -0.384. The van der Waals surface area contributed by atoms with E-state index in [1.165, 1.54) is 36.7 Å². The van der Waals surface area contributed by atoms with E-state index in [0.717, 1.165) is 35.9 Å². The maximum absolute atomic E-state index is 10.8. The van der Waals surface area contributed by atoms with Gasteiger partial charge in [-0.1, -0.05) is 49.5 Å². The molecule has 0 aliphatic rings. The van der Waals surface area contributed by atoms with Crippen LogP contribution in [0, 0.1) is 10.1 Å². The van der Waals surface area contributed by atoms with Crippen LogP contribution in [0.1, 0.15) is 38.5 Å². The fourth-order valence-electron chi connectivity index (χ4n) is 3.39. The van der Waals surface area contributed by atoms with Gasteiger partial charge in [0.1, 0.15) is 0 Å². The summed E-state index contributed by atoms with van der Waals surface area (Å²) in [6, 6.07) is 13.6. The number of aromatic nitrogens is 5. The predicted molar refractivity (Wildman–Crippen MR) is 131 cm³/mol. The van der Waals surface area contributed by atoms with Crippen LogP contribution in [-0.4, -0.2) is 29.9 Å². The van der Waals surface area contributed by atoms with Crippen molar-refractivity contribution in [2.24, 2.45) is 0 Å². The number of benzene rings is 2. The number of nitro benzene ring substituents is 1. The predicted octanol–water partition coefficient (Wildman–Crippen LogP) is 6.43. The van der Waals surface area contributed by atoms with E-state index in [0.29, 0.717) is 28.1 Å². The summed E-state index contributed by atoms with van der Waals surface area (Å²) >= 11 is 7.52. The summed E-state index contributed by atoms with van der Waals surface area (Å²) in [7, 11) is 0. The molecule has 2 aromatic carbocycles. The van der Waals surface area contributed by atoms with Gasteiger partial charge >= 0.3 is 0 Å². The first-order valence-corrected chi connectivity index (χ1v) is 12.3. The van der Waals surface area contributed by atoms with Crippen LogP contribution in [0.3, 0.4) is 0 Å². The number of halogens is 1. The molecule has 11 heteroatoms. The standard InChI is InChI=1S/C23H23ClN6O3S/c1-2-3-4-5-14-29-21(16-6-10-18(24)11-7-16)26-28-23(29)34-15-20-25-27-22(33-20)17-8-12-19(13-9-17)30(31)32/h6-13H,2-5,14-15H2,1H3. The quantitative estimate of drug-likeness (QED) is 0.101. The number of thioether (sulfide) groups is 1. The molecule has 0 radical (unpaired) electrons. The molecular weight excluding hydrogens is 476 g/mol. The highest BCUT2D eigenvalue weighted by atomic mass is 35.5. The molecule has 2 heterocycles. The summed E-state index contributed by atoms with van der Waals surface area (Å²) in [5.74, 6) is 1.97. The third-order valence-electron chi connectivity index (χ3n) is 5.17. The molecule has 0 unspecified atom stereocenters. The van der Waals surface area contributed by atoms with E-state index in [-0.39, 0.29) is 5.69 Å². The Labute approximate surface area is 205 Å². The van der Waals surface area contributed by atoms with Gasteiger partial charge in [-0.3, -0.25) is 10.1 Å². The first-order chi connectivity index (χ1) is 16.5. The molecule has 0 bridgehead atoms. The molecule has 0 saturated carbocycles. The zero-order chi connectivity index (χ0) is 23.9. The third kappa shape index (κ3) is 5.81. The molecule has 9 nitrogen and oxygen atoms in total. The van der Waals surface area contributed by atoms with E-state index in [1.54, 1.807) is 12.1 Å². The summed E-state index contributed by atoms with van der Waals surface area (Å²) in [5, 5.41) is 29.3. The molecule has 0 saturated heterocycles. The number of non-ortho nitro benzene ring substituents is 1. The van der Waals surface area contributed by atoms with Crippen molar-refractivity contribution in [2.75, 3.05) is 0 Å². The number of unbranched alkanes of at least 4 members (excludes halogenated alkanes) is 3. The van der Waals surface area contributed by atoms with Crippen molar-refractivity contribution in [3.8, 4) is 22.8 Å². The molecule has 4 rings (SSSR count).